The summed E-state index contributed by atoms with van der Waals surface area (Å²) >= 11 is 6.94. The lowest BCUT2D eigenvalue weighted by Gasteiger charge is -2.05. The number of carbonyl (C=O) groups is 3. The first-order valence-electron chi connectivity index (χ1n) is 6.71. The summed E-state index contributed by atoms with van der Waals surface area (Å²) in [6.45, 7) is -0.461. The number of benzene rings is 1. The van der Waals surface area contributed by atoms with Crippen LogP contribution in [0, 0.1) is 0 Å². The van der Waals surface area contributed by atoms with Gasteiger partial charge in [0, 0.05) is 10.4 Å². The van der Waals surface area contributed by atoms with Gasteiger partial charge in [-0.05, 0) is 18.2 Å². The highest BCUT2D eigenvalue weighted by atomic mass is 35.5. The lowest BCUT2D eigenvalue weighted by Crippen LogP contribution is -2.21. The molecule has 0 bridgehead atoms. The van der Waals surface area contributed by atoms with Crippen molar-refractivity contribution < 1.29 is 23.9 Å². The highest BCUT2D eigenvalue weighted by Crippen LogP contribution is 2.16. The van der Waals surface area contributed by atoms with E-state index in [1.807, 2.05) is 0 Å². The van der Waals surface area contributed by atoms with E-state index in [9.17, 15) is 14.4 Å². The van der Waals surface area contributed by atoms with E-state index in [1.54, 1.807) is 17.5 Å². The molecule has 1 N–H and O–H groups in total. The first-order chi connectivity index (χ1) is 11.5. The molecular weight excluding hydrogens is 356 g/mol. The number of hydrogen-bond acceptors (Lipinski definition) is 7. The van der Waals surface area contributed by atoms with Gasteiger partial charge < -0.3 is 9.47 Å². The van der Waals surface area contributed by atoms with E-state index in [1.165, 1.54) is 19.2 Å². The minimum absolute atomic E-state index is 0.0205. The molecule has 1 aromatic carbocycles. The molecule has 0 saturated carbocycles. The Balaban J connectivity index is 1.83. The maximum Gasteiger partial charge on any atom is 0.338 e. The molecule has 24 heavy (non-hydrogen) atoms. The molecule has 0 aliphatic carbocycles. The normalized spacial score (nSPS) is 10.1. The van der Waals surface area contributed by atoms with Crippen molar-refractivity contribution in [1.82, 2.24) is 4.98 Å². The van der Waals surface area contributed by atoms with Gasteiger partial charge in [-0.2, -0.15) is 0 Å². The minimum atomic E-state index is -0.654. The van der Waals surface area contributed by atoms with Crippen LogP contribution in [0.25, 0.3) is 0 Å². The van der Waals surface area contributed by atoms with E-state index < -0.39 is 24.5 Å². The molecule has 126 valence electrons. The molecule has 0 aliphatic heterocycles. The molecule has 0 spiro atoms. The van der Waals surface area contributed by atoms with Crippen molar-refractivity contribution in [2.75, 3.05) is 19.0 Å². The van der Waals surface area contributed by atoms with Gasteiger partial charge in [-0.1, -0.05) is 17.7 Å². The monoisotopic (exact) mass is 368 g/mol. The topological polar surface area (TPSA) is 94.6 Å². The van der Waals surface area contributed by atoms with Crippen molar-refractivity contribution in [2.24, 2.45) is 0 Å². The van der Waals surface area contributed by atoms with Crippen LogP contribution in [-0.2, 0) is 25.5 Å². The third kappa shape index (κ3) is 5.32. The quantitative estimate of drug-likeness (QED) is 0.786. The summed E-state index contributed by atoms with van der Waals surface area (Å²) in [6, 6.07) is 6.21. The fraction of sp³-hybridized carbons (Fsp3) is 0.200. The smallest absolute Gasteiger partial charge is 0.338 e. The Morgan fingerprint density at radius 1 is 1.33 bits per heavy atom. The Morgan fingerprint density at radius 3 is 2.83 bits per heavy atom. The second-order valence-corrected chi connectivity index (χ2v) is 5.83. The average Bonchev–Trinajstić information content (AvgIpc) is 2.99. The number of ether oxygens (including phenoxy) is 2. The summed E-state index contributed by atoms with van der Waals surface area (Å²) < 4.78 is 9.43. The second-order valence-electron chi connectivity index (χ2n) is 4.53. The fourth-order valence-electron chi connectivity index (χ4n) is 1.65. The summed E-state index contributed by atoms with van der Waals surface area (Å²) in [4.78, 5) is 38.8. The molecule has 0 atom stereocenters. The summed E-state index contributed by atoms with van der Waals surface area (Å²) in [5.41, 5.74) is 0.739. The number of rotatable bonds is 6. The molecule has 0 fully saturated rings. The van der Waals surface area contributed by atoms with Crippen LogP contribution in [0.4, 0.5) is 5.13 Å². The maximum absolute atomic E-state index is 11.8. The molecule has 2 rings (SSSR count). The van der Waals surface area contributed by atoms with E-state index in [-0.39, 0.29) is 12.0 Å². The summed E-state index contributed by atoms with van der Waals surface area (Å²) in [5.74, 6) is -1.61. The van der Waals surface area contributed by atoms with Crippen LogP contribution in [0.3, 0.4) is 0 Å². The van der Waals surface area contributed by atoms with E-state index in [0.29, 0.717) is 15.8 Å². The number of nitrogens with zero attached hydrogens (tertiary/aromatic N) is 1. The van der Waals surface area contributed by atoms with E-state index in [4.69, 9.17) is 16.3 Å². The van der Waals surface area contributed by atoms with E-state index >= 15 is 0 Å². The molecule has 0 aliphatic rings. The van der Waals surface area contributed by atoms with Crippen molar-refractivity contribution in [3.05, 3.63) is 45.9 Å². The molecule has 1 heterocycles. The van der Waals surface area contributed by atoms with Crippen molar-refractivity contribution in [1.29, 1.82) is 0 Å². The third-order valence-corrected chi connectivity index (χ3v) is 3.79. The predicted molar refractivity (Wildman–Crippen MR) is 88.2 cm³/mol. The molecule has 0 saturated heterocycles. The number of anilines is 1. The third-order valence-electron chi connectivity index (χ3n) is 2.75. The van der Waals surface area contributed by atoms with Gasteiger partial charge in [0.25, 0.3) is 5.91 Å². The summed E-state index contributed by atoms with van der Waals surface area (Å²) in [5, 5.41) is 4.82. The standard InChI is InChI=1S/C15H13ClN2O5S/c1-22-13(20)6-11-8-24-15(17-11)18-12(19)7-23-14(21)9-3-2-4-10(16)5-9/h2-5,8H,6-7H2,1H3,(H,17,18,19). The van der Waals surface area contributed by atoms with Crippen molar-refractivity contribution >= 4 is 45.9 Å². The zero-order valence-electron chi connectivity index (χ0n) is 12.6. The van der Waals surface area contributed by atoms with E-state index in [0.717, 1.165) is 11.3 Å². The molecule has 7 nitrogen and oxygen atoms in total. The molecule has 1 amide bonds. The average molecular weight is 369 g/mol. The predicted octanol–water partition coefficient (Wildman–Crippen LogP) is 2.31. The maximum atomic E-state index is 11.8. The van der Waals surface area contributed by atoms with Crippen LogP contribution in [-0.4, -0.2) is 36.5 Å². The van der Waals surface area contributed by atoms with Gasteiger partial charge >= 0.3 is 11.9 Å². The van der Waals surface area contributed by atoms with Crippen molar-refractivity contribution in [3.8, 4) is 0 Å². The van der Waals surface area contributed by atoms with Gasteiger partial charge in [0.2, 0.25) is 0 Å². The molecular formula is C15H13ClN2O5S. The molecule has 0 radical (unpaired) electrons. The highest BCUT2D eigenvalue weighted by molar-refractivity contribution is 7.13. The SMILES string of the molecule is COC(=O)Cc1csc(NC(=O)COC(=O)c2cccc(Cl)c2)n1. The van der Waals surface area contributed by atoms with Gasteiger partial charge in [0.15, 0.2) is 11.7 Å². The summed E-state index contributed by atoms with van der Waals surface area (Å²) in [7, 11) is 1.28. The van der Waals surface area contributed by atoms with Crippen LogP contribution < -0.4 is 5.32 Å². The molecule has 2 aromatic rings. The Morgan fingerprint density at radius 2 is 2.12 bits per heavy atom. The largest absolute Gasteiger partial charge is 0.469 e. The Bertz CT molecular complexity index is 762. The Labute approximate surface area is 146 Å². The summed E-state index contributed by atoms with van der Waals surface area (Å²) in [6.07, 6.45) is 0.0205. The number of esters is 2. The minimum Gasteiger partial charge on any atom is -0.469 e. The first kappa shape index (κ1) is 17.9. The number of aromatic nitrogens is 1. The fourth-order valence-corrected chi connectivity index (χ4v) is 2.57. The molecule has 1 aromatic heterocycles. The van der Waals surface area contributed by atoms with Gasteiger partial charge in [-0.25, -0.2) is 9.78 Å². The van der Waals surface area contributed by atoms with Crippen LogP contribution in [0.2, 0.25) is 5.02 Å². The van der Waals surface area contributed by atoms with Gasteiger partial charge in [-0.3, -0.25) is 14.9 Å². The Kier molecular flexibility index (Phi) is 6.28. The van der Waals surface area contributed by atoms with Gasteiger partial charge in [0.05, 0.1) is 24.8 Å². The number of hydrogen-bond donors (Lipinski definition) is 1. The first-order valence-corrected chi connectivity index (χ1v) is 7.97. The lowest BCUT2D eigenvalue weighted by molar-refractivity contribution is -0.139. The molecule has 0 unspecified atom stereocenters. The number of thiazole rings is 1. The molecule has 9 heteroatoms. The number of methoxy groups -OCH3 is 1. The zero-order valence-corrected chi connectivity index (χ0v) is 14.1. The number of carbonyl (C=O) groups excluding carboxylic acids is 3. The zero-order chi connectivity index (χ0) is 17.5. The van der Waals surface area contributed by atoms with Crippen LogP contribution >= 0.6 is 22.9 Å². The van der Waals surface area contributed by atoms with E-state index in [2.05, 4.69) is 15.0 Å². The lowest BCUT2D eigenvalue weighted by atomic mass is 10.2. The van der Waals surface area contributed by atoms with Gasteiger partial charge in [-0.15, -0.1) is 11.3 Å². The number of halogens is 1. The number of amides is 1. The van der Waals surface area contributed by atoms with Gasteiger partial charge in [0.1, 0.15) is 0 Å². The van der Waals surface area contributed by atoms with Crippen molar-refractivity contribution in [2.45, 2.75) is 6.42 Å². The Hall–Kier alpha value is -2.45. The number of nitrogens with one attached hydrogen (secondary N) is 1. The second kappa shape index (κ2) is 8.42. The van der Waals surface area contributed by atoms with Crippen LogP contribution in [0.15, 0.2) is 29.6 Å². The van der Waals surface area contributed by atoms with Crippen LogP contribution in [0.1, 0.15) is 16.1 Å². The highest BCUT2D eigenvalue weighted by Gasteiger charge is 2.13. The van der Waals surface area contributed by atoms with Crippen LogP contribution in [0.5, 0.6) is 0 Å². The van der Waals surface area contributed by atoms with Crippen molar-refractivity contribution in [3.63, 3.8) is 0 Å².